The molecule has 0 aliphatic carbocycles. The second kappa shape index (κ2) is 7.26. The Bertz CT molecular complexity index is 661. The smallest absolute Gasteiger partial charge is 0.343 e. The summed E-state index contributed by atoms with van der Waals surface area (Å²) < 4.78 is 15.7. The molecule has 0 spiro atoms. The summed E-state index contributed by atoms with van der Waals surface area (Å²) in [4.78, 5) is 23.0. The van der Waals surface area contributed by atoms with Crippen LogP contribution in [-0.2, 0) is 0 Å². The van der Waals surface area contributed by atoms with E-state index < -0.39 is 5.97 Å². The lowest BCUT2D eigenvalue weighted by Crippen LogP contribution is -2.08. The van der Waals surface area contributed by atoms with Crippen molar-refractivity contribution in [2.24, 2.45) is 0 Å². The van der Waals surface area contributed by atoms with E-state index in [2.05, 4.69) is 0 Å². The Labute approximate surface area is 128 Å². The first-order valence-electron chi connectivity index (χ1n) is 6.76. The fourth-order valence-corrected chi connectivity index (χ4v) is 1.85. The minimum Gasteiger partial charge on any atom is -0.497 e. The highest BCUT2D eigenvalue weighted by Crippen LogP contribution is 2.24. The zero-order valence-electron chi connectivity index (χ0n) is 12.4. The lowest BCUT2D eigenvalue weighted by molar-refractivity contribution is 0.0734. The fourth-order valence-electron chi connectivity index (χ4n) is 1.85. The zero-order chi connectivity index (χ0) is 15.9. The number of rotatable bonds is 6. The first-order chi connectivity index (χ1) is 10.7. The van der Waals surface area contributed by atoms with Gasteiger partial charge in [-0.25, -0.2) is 4.79 Å². The molecule has 114 valence electrons. The number of carbonyl (C=O) groups excluding carboxylic acids is 2. The molecule has 2 aromatic rings. The van der Waals surface area contributed by atoms with Crippen molar-refractivity contribution in [3.63, 3.8) is 0 Å². The van der Waals surface area contributed by atoms with Gasteiger partial charge in [-0.2, -0.15) is 0 Å². The second-order valence-corrected chi connectivity index (χ2v) is 4.37. The molecule has 0 bridgehead atoms. The monoisotopic (exact) mass is 300 g/mol. The number of hydrogen-bond donors (Lipinski definition) is 0. The van der Waals surface area contributed by atoms with Crippen LogP contribution in [0.5, 0.6) is 17.2 Å². The molecular formula is C17H16O5. The van der Waals surface area contributed by atoms with Crippen molar-refractivity contribution in [2.45, 2.75) is 6.92 Å². The van der Waals surface area contributed by atoms with Crippen LogP contribution in [0.3, 0.4) is 0 Å². The van der Waals surface area contributed by atoms with Gasteiger partial charge < -0.3 is 14.2 Å². The van der Waals surface area contributed by atoms with Crippen molar-refractivity contribution in [2.75, 3.05) is 13.7 Å². The fraction of sp³-hybridized carbons (Fsp3) is 0.176. The van der Waals surface area contributed by atoms with Gasteiger partial charge in [0.1, 0.15) is 17.2 Å². The maximum absolute atomic E-state index is 12.1. The Balaban J connectivity index is 2.16. The van der Waals surface area contributed by atoms with Crippen LogP contribution in [0.2, 0.25) is 0 Å². The van der Waals surface area contributed by atoms with Gasteiger partial charge in [-0.05, 0) is 43.3 Å². The van der Waals surface area contributed by atoms with Gasteiger partial charge in [0.25, 0.3) is 0 Å². The molecule has 5 heteroatoms. The van der Waals surface area contributed by atoms with Crippen molar-refractivity contribution >= 4 is 12.3 Å². The van der Waals surface area contributed by atoms with E-state index in [1.54, 1.807) is 43.5 Å². The van der Waals surface area contributed by atoms with Gasteiger partial charge in [0.05, 0.1) is 24.8 Å². The summed E-state index contributed by atoms with van der Waals surface area (Å²) in [7, 11) is 1.55. The van der Waals surface area contributed by atoms with Crippen LogP contribution in [0.15, 0.2) is 42.5 Å². The molecule has 0 unspecified atom stereocenters. The third-order valence-corrected chi connectivity index (χ3v) is 2.95. The molecule has 2 aromatic carbocycles. The maximum Gasteiger partial charge on any atom is 0.343 e. The van der Waals surface area contributed by atoms with Crippen LogP contribution >= 0.6 is 0 Å². The molecule has 0 aromatic heterocycles. The highest BCUT2D eigenvalue weighted by atomic mass is 16.5. The van der Waals surface area contributed by atoms with E-state index in [-0.39, 0.29) is 0 Å². The Morgan fingerprint density at radius 1 is 1.09 bits per heavy atom. The molecule has 0 aliphatic rings. The summed E-state index contributed by atoms with van der Waals surface area (Å²) in [5.41, 5.74) is 0.810. The van der Waals surface area contributed by atoms with Gasteiger partial charge >= 0.3 is 5.97 Å². The normalized spacial score (nSPS) is 9.91. The van der Waals surface area contributed by atoms with Gasteiger partial charge in [0, 0.05) is 6.07 Å². The van der Waals surface area contributed by atoms with E-state index in [1.165, 1.54) is 6.07 Å². The summed E-state index contributed by atoms with van der Waals surface area (Å²) in [6, 6.07) is 11.2. The van der Waals surface area contributed by atoms with Crippen LogP contribution in [0.4, 0.5) is 0 Å². The summed E-state index contributed by atoms with van der Waals surface area (Å²) >= 11 is 0. The molecule has 22 heavy (non-hydrogen) atoms. The zero-order valence-corrected chi connectivity index (χ0v) is 12.4. The maximum atomic E-state index is 12.1. The summed E-state index contributed by atoms with van der Waals surface area (Å²) in [6.07, 6.45) is 0.695. The number of hydrogen-bond acceptors (Lipinski definition) is 5. The van der Waals surface area contributed by atoms with Crippen LogP contribution in [0.25, 0.3) is 0 Å². The number of methoxy groups -OCH3 is 1. The Morgan fingerprint density at radius 3 is 2.36 bits per heavy atom. The van der Waals surface area contributed by atoms with Crippen LogP contribution < -0.4 is 14.2 Å². The molecule has 5 nitrogen and oxygen atoms in total. The number of benzene rings is 2. The first kappa shape index (κ1) is 15.6. The molecule has 0 N–H and O–H groups in total. The highest BCUT2D eigenvalue weighted by Gasteiger charge is 2.11. The van der Waals surface area contributed by atoms with E-state index in [0.29, 0.717) is 41.3 Å². The van der Waals surface area contributed by atoms with Gasteiger partial charge in [0.15, 0.2) is 6.29 Å². The van der Waals surface area contributed by atoms with Crippen LogP contribution in [0, 0.1) is 0 Å². The Morgan fingerprint density at radius 2 is 1.77 bits per heavy atom. The molecular weight excluding hydrogens is 284 g/mol. The van der Waals surface area contributed by atoms with E-state index in [1.807, 2.05) is 6.92 Å². The van der Waals surface area contributed by atoms with E-state index in [4.69, 9.17) is 14.2 Å². The average molecular weight is 300 g/mol. The summed E-state index contributed by atoms with van der Waals surface area (Å²) in [6.45, 7) is 2.22. The van der Waals surface area contributed by atoms with Crippen molar-refractivity contribution < 1.29 is 23.8 Å². The molecule has 2 rings (SSSR count). The van der Waals surface area contributed by atoms with Crippen LogP contribution in [0.1, 0.15) is 27.6 Å². The molecule has 0 radical (unpaired) electrons. The van der Waals surface area contributed by atoms with Crippen LogP contribution in [-0.4, -0.2) is 26.0 Å². The molecule has 0 atom stereocenters. The lowest BCUT2D eigenvalue weighted by Gasteiger charge is -2.09. The van der Waals surface area contributed by atoms with Gasteiger partial charge in [-0.1, -0.05) is 0 Å². The number of aldehydes is 1. The minimum atomic E-state index is -0.496. The summed E-state index contributed by atoms with van der Waals surface area (Å²) in [5.74, 6) is 0.863. The Kier molecular flexibility index (Phi) is 5.14. The first-order valence-corrected chi connectivity index (χ1v) is 6.76. The minimum absolute atomic E-state index is 0.315. The van der Waals surface area contributed by atoms with Gasteiger partial charge in [-0.3, -0.25) is 4.79 Å². The number of carbonyl (C=O) groups is 2. The molecule has 0 heterocycles. The third-order valence-electron chi connectivity index (χ3n) is 2.95. The van der Waals surface area contributed by atoms with E-state index in [0.717, 1.165) is 0 Å². The standard InChI is InChI=1S/C17H16O5/c1-3-21-16-10-15(9-6-13(16)11-18)22-17(19)12-4-7-14(20-2)8-5-12/h4-11H,3H2,1-2H3. The average Bonchev–Trinajstić information content (AvgIpc) is 2.55. The SMILES string of the molecule is CCOc1cc(OC(=O)c2ccc(OC)cc2)ccc1C=O. The highest BCUT2D eigenvalue weighted by molar-refractivity contribution is 5.91. The van der Waals surface area contributed by atoms with E-state index >= 15 is 0 Å². The molecule has 0 amide bonds. The molecule has 0 aliphatic heterocycles. The molecule has 0 fully saturated rings. The van der Waals surface area contributed by atoms with Gasteiger partial charge in [0.2, 0.25) is 0 Å². The molecule has 0 saturated carbocycles. The van der Waals surface area contributed by atoms with Crippen molar-refractivity contribution in [3.05, 3.63) is 53.6 Å². The third kappa shape index (κ3) is 3.63. The Hall–Kier alpha value is -2.82. The predicted octanol–water partition coefficient (Wildman–Crippen LogP) is 3.13. The quantitative estimate of drug-likeness (QED) is 0.466. The van der Waals surface area contributed by atoms with Crippen molar-refractivity contribution in [3.8, 4) is 17.2 Å². The second-order valence-electron chi connectivity index (χ2n) is 4.37. The van der Waals surface area contributed by atoms with Gasteiger partial charge in [-0.15, -0.1) is 0 Å². The van der Waals surface area contributed by atoms with Crippen molar-refractivity contribution in [1.82, 2.24) is 0 Å². The predicted molar refractivity (Wildman–Crippen MR) is 81.0 cm³/mol. The largest absolute Gasteiger partial charge is 0.497 e. The summed E-state index contributed by atoms with van der Waals surface area (Å²) in [5, 5.41) is 0. The number of ether oxygens (including phenoxy) is 3. The topological polar surface area (TPSA) is 61.8 Å². The number of esters is 1. The lowest BCUT2D eigenvalue weighted by atomic mass is 10.2. The molecule has 0 saturated heterocycles. The van der Waals surface area contributed by atoms with E-state index in [9.17, 15) is 9.59 Å². The van der Waals surface area contributed by atoms with Crippen molar-refractivity contribution in [1.29, 1.82) is 0 Å².